The predicted octanol–water partition coefficient (Wildman–Crippen LogP) is 2.88. The second-order valence-electron chi connectivity index (χ2n) is 4.96. The second kappa shape index (κ2) is 5.87. The average Bonchev–Trinajstić information content (AvgIpc) is 2.52. The fourth-order valence-electron chi connectivity index (χ4n) is 2.19. The van der Waals surface area contributed by atoms with E-state index in [2.05, 4.69) is 0 Å². The van der Waals surface area contributed by atoms with Gasteiger partial charge in [-0.3, -0.25) is 0 Å². The van der Waals surface area contributed by atoms with E-state index in [1.165, 1.54) is 0 Å². The topological polar surface area (TPSA) is 44.8 Å². The van der Waals surface area contributed by atoms with Crippen LogP contribution in [0.5, 0.6) is 11.5 Å². The van der Waals surface area contributed by atoms with Gasteiger partial charge in [-0.15, -0.1) is 0 Å². The molecular weight excluding hydrogens is 268 g/mol. The summed E-state index contributed by atoms with van der Waals surface area (Å²) in [6, 6.07) is 15.1. The number of hydrogen-bond acceptors (Lipinski definition) is 4. The molecule has 0 saturated carbocycles. The molecule has 0 N–H and O–H groups in total. The summed E-state index contributed by atoms with van der Waals surface area (Å²) in [5, 5.41) is 0. The number of rotatable bonds is 3. The third-order valence-corrected chi connectivity index (χ3v) is 3.24. The van der Waals surface area contributed by atoms with Gasteiger partial charge in [0.2, 0.25) is 6.10 Å². The summed E-state index contributed by atoms with van der Waals surface area (Å²) >= 11 is 0. The Bertz CT molecular complexity index is 651. The normalized spacial score (nSPS) is 16.3. The molecule has 0 amide bonds. The fourth-order valence-corrected chi connectivity index (χ4v) is 2.19. The van der Waals surface area contributed by atoms with Crippen molar-refractivity contribution in [2.24, 2.45) is 0 Å². The number of aryl methyl sites for hydroxylation is 1. The molecule has 108 valence electrons. The maximum Gasteiger partial charge on any atom is 0.351 e. The van der Waals surface area contributed by atoms with Crippen LogP contribution in [0.25, 0.3) is 0 Å². The Kier molecular flexibility index (Phi) is 3.77. The Morgan fingerprint density at radius 2 is 2.00 bits per heavy atom. The Morgan fingerprint density at radius 3 is 2.81 bits per heavy atom. The van der Waals surface area contributed by atoms with E-state index in [1.807, 2.05) is 49.4 Å². The summed E-state index contributed by atoms with van der Waals surface area (Å²) in [5.41, 5.74) is 2.09. The highest BCUT2D eigenvalue weighted by Gasteiger charge is 2.28. The first-order valence-corrected chi connectivity index (χ1v) is 6.83. The maximum atomic E-state index is 12.0. The first-order chi connectivity index (χ1) is 10.2. The van der Waals surface area contributed by atoms with E-state index in [4.69, 9.17) is 14.2 Å². The van der Waals surface area contributed by atoms with Crippen molar-refractivity contribution in [3.8, 4) is 11.5 Å². The molecule has 0 bridgehead atoms. The molecule has 0 fully saturated rings. The molecule has 3 rings (SSSR count). The zero-order valence-corrected chi connectivity index (χ0v) is 11.7. The molecule has 21 heavy (non-hydrogen) atoms. The van der Waals surface area contributed by atoms with E-state index < -0.39 is 12.1 Å². The number of carbonyl (C=O) groups is 1. The quantitative estimate of drug-likeness (QED) is 0.813. The molecular formula is C17H16O4. The summed E-state index contributed by atoms with van der Waals surface area (Å²) in [6.45, 7) is 2.41. The maximum absolute atomic E-state index is 12.0. The van der Waals surface area contributed by atoms with Crippen molar-refractivity contribution in [1.29, 1.82) is 0 Å². The summed E-state index contributed by atoms with van der Waals surface area (Å²) in [7, 11) is 0. The molecule has 1 atom stereocenters. The third-order valence-electron chi connectivity index (χ3n) is 3.24. The van der Waals surface area contributed by atoms with Gasteiger partial charge in [0, 0.05) is 0 Å². The van der Waals surface area contributed by atoms with Crippen molar-refractivity contribution >= 4 is 5.97 Å². The van der Waals surface area contributed by atoms with Crippen LogP contribution in [0.1, 0.15) is 11.1 Å². The van der Waals surface area contributed by atoms with Gasteiger partial charge in [-0.25, -0.2) is 4.79 Å². The van der Waals surface area contributed by atoms with Crippen LogP contribution in [0.4, 0.5) is 0 Å². The summed E-state index contributed by atoms with van der Waals surface area (Å²) in [6.07, 6.45) is -0.718. The predicted molar refractivity (Wildman–Crippen MR) is 77.3 cm³/mol. The molecule has 1 aliphatic heterocycles. The molecule has 1 aliphatic rings. The van der Waals surface area contributed by atoms with Crippen molar-refractivity contribution in [3.63, 3.8) is 0 Å². The Balaban J connectivity index is 1.59. The van der Waals surface area contributed by atoms with Gasteiger partial charge >= 0.3 is 5.97 Å². The van der Waals surface area contributed by atoms with Crippen LogP contribution in [-0.4, -0.2) is 18.7 Å². The number of fused-ring (bicyclic) bond motifs is 1. The number of esters is 1. The minimum atomic E-state index is -0.718. The van der Waals surface area contributed by atoms with Crippen LogP contribution in [0, 0.1) is 6.92 Å². The first-order valence-electron chi connectivity index (χ1n) is 6.83. The smallest absolute Gasteiger partial charge is 0.351 e. The van der Waals surface area contributed by atoms with Crippen molar-refractivity contribution in [1.82, 2.24) is 0 Å². The molecule has 0 aliphatic carbocycles. The summed E-state index contributed by atoms with van der Waals surface area (Å²) in [5.74, 6) is 0.812. The highest BCUT2D eigenvalue weighted by molar-refractivity contribution is 5.76. The lowest BCUT2D eigenvalue weighted by atomic mass is 10.1. The van der Waals surface area contributed by atoms with Crippen LogP contribution in [-0.2, 0) is 16.1 Å². The number of para-hydroxylation sites is 2. The van der Waals surface area contributed by atoms with Crippen molar-refractivity contribution in [2.75, 3.05) is 6.61 Å². The highest BCUT2D eigenvalue weighted by Crippen LogP contribution is 2.31. The van der Waals surface area contributed by atoms with E-state index in [1.54, 1.807) is 6.07 Å². The molecule has 4 nitrogen and oxygen atoms in total. The van der Waals surface area contributed by atoms with Gasteiger partial charge in [0.15, 0.2) is 11.5 Å². The van der Waals surface area contributed by atoms with Gasteiger partial charge in [-0.05, 0) is 24.6 Å². The summed E-state index contributed by atoms with van der Waals surface area (Å²) in [4.78, 5) is 12.0. The standard InChI is InChI=1S/C17H16O4/c1-12-5-4-6-13(9-12)10-20-17(18)16-11-19-14-7-2-3-8-15(14)21-16/h2-9,16H,10-11H2,1H3. The lowest BCUT2D eigenvalue weighted by molar-refractivity contribution is -0.155. The van der Waals surface area contributed by atoms with Crippen LogP contribution in [0.15, 0.2) is 48.5 Å². The minimum absolute atomic E-state index is 0.170. The molecule has 0 radical (unpaired) electrons. The highest BCUT2D eigenvalue weighted by atomic mass is 16.6. The van der Waals surface area contributed by atoms with E-state index in [0.717, 1.165) is 11.1 Å². The van der Waals surface area contributed by atoms with Gasteiger partial charge in [-0.2, -0.15) is 0 Å². The van der Waals surface area contributed by atoms with Gasteiger partial charge in [0.1, 0.15) is 13.2 Å². The molecule has 2 aromatic rings. The minimum Gasteiger partial charge on any atom is -0.485 e. The fraction of sp³-hybridized carbons (Fsp3) is 0.235. The molecule has 0 aromatic heterocycles. The van der Waals surface area contributed by atoms with Gasteiger partial charge in [-0.1, -0.05) is 42.0 Å². The summed E-state index contributed by atoms with van der Waals surface area (Å²) < 4.78 is 16.4. The lowest BCUT2D eigenvalue weighted by Crippen LogP contribution is -2.37. The number of carbonyl (C=O) groups excluding carboxylic acids is 1. The first kappa shape index (κ1) is 13.5. The molecule has 4 heteroatoms. The Labute approximate surface area is 123 Å². The monoisotopic (exact) mass is 284 g/mol. The van der Waals surface area contributed by atoms with Gasteiger partial charge in [0.25, 0.3) is 0 Å². The van der Waals surface area contributed by atoms with Crippen LogP contribution in [0.2, 0.25) is 0 Å². The van der Waals surface area contributed by atoms with Crippen molar-refractivity contribution < 1.29 is 19.0 Å². The van der Waals surface area contributed by atoms with Crippen molar-refractivity contribution in [3.05, 3.63) is 59.7 Å². The Morgan fingerprint density at radius 1 is 1.19 bits per heavy atom. The SMILES string of the molecule is Cc1cccc(COC(=O)C2COc3ccccc3O2)c1. The molecule has 1 heterocycles. The zero-order valence-electron chi connectivity index (χ0n) is 11.7. The van der Waals surface area contributed by atoms with E-state index in [0.29, 0.717) is 11.5 Å². The van der Waals surface area contributed by atoms with Gasteiger partial charge in [0.05, 0.1) is 0 Å². The molecule has 1 unspecified atom stereocenters. The second-order valence-corrected chi connectivity index (χ2v) is 4.96. The third kappa shape index (κ3) is 3.16. The molecule has 0 saturated heterocycles. The van der Waals surface area contributed by atoms with E-state index >= 15 is 0 Å². The number of hydrogen-bond donors (Lipinski definition) is 0. The van der Waals surface area contributed by atoms with Gasteiger partial charge < -0.3 is 14.2 Å². The van der Waals surface area contributed by atoms with Crippen molar-refractivity contribution in [2.45, 2.75) is 19.6 Å². The molecule has 2 aromatic carbocycles. The largest absolute Gasteiger partial charge is 0.485 e. The molecule has 0 spiro atoms. The number of ether oxygens (including phenoxy) is 3. The van der Waals surface area contributed by atoms with Crippen LogP contribution >= 0.6 is 0 Å². The number of benzene rings is 2. The average molecular weight is 284 g/mol. The zero-order chi connectivity index (χ0) is 14.7. The van der Waals surface area contributed by atoms with Crippen LogP contribution in [0.3, 0.4) is 0 Å². The van der Waals surface area contributed by atoms with E-state index in [9.17, 15) is 4.79 Å². The Hall–Kier alpha value is -2.49. The van der Waals surface area contributed by atoms with E-state index in [-0.39, 0.29) is 13.2 Å². The lowest BCUT2D eigenvalue weighted by Gasteiger charge is -2.24. The van der Waals surface area contributed by atoms with Crippen LogP contribution < -0.4 is 9.47 Å².